The summed E-state index contributed by atoms with van der Waals surface area (Å²) in [5.41, 5.74) is 0.985. The molecule has 0 aromatic heterocycles. The van der Waals surface area contributed by atoms with E-state index in [9.17, 15) is 13.2 Å². The van der Waals surface area contributed by atoms with Crippen LogP contribution in [0, 0.1) is 11.8 Å². The van der Waals surface area contributed by atoms with Gasteiger partial charge >= 0.3 is 0 Å². The van der Waals surface area contributed by atoms with Gasteiger partial charge in [0.1, 0.15) is 11.5 Å². The van der Waals surface area contributed by atoms with E-state index < -0.39 is 14.6 Å². The number of ketones is 1. The molecule has 0 atom stereocenters. The molecular weight excluding hydrogens is 348 g/mol. The number of sulfone groups is 1. The van der Waals surface area contributed by atoms with Gasteiger partial charge in [0.15, 0.2) is 9.84 Å². The van der Waals surface area contributed by atoms with Crippen LogP contribution < -0.4 is 4.74 Å². The quantitative estimate of drug-likeness (QED) is 0.711. The standard InChI is InChI=1S/C21H32O4S/c1-5-25-19-8-6-7-17(13-19)14-20(22)18-11-9-16(10-12-18)15-26(23,24)21(2,3)4/h6-8,13,16,18H,5,9-12,14-15H2,1-4H3. The molecule has 2 rings (SSSR count). The number of hydrogen-bond acceptors (Lipinski definition) is 4. The molecule has 1 fully saturated rings. The molecule has 1 aromatic rings. The second kappa shape index (κ2) is 8.55. The lowest BCUT2D eigenvalue weighted by atomic mass is 9.79. The molecule has 0 saturated heterocycles. The summed E-state index contributed by atoms with van der Waals surface area (Å²) in [5, 5.41) is 0. The molecule has 5 heteroatoms. The smallest absolute Gasteiger partial charge is 0.155 e. The van der Waals surface area contributed by atoms with Crippen molar-refractivity contribution in [1.82, 2.24) is 0 Å². The average Bonchev–Trinajstić information content (AvgIpc) is 2.54. The first-order valence-electron chi connectivity index (χ1n) is 9.59. The molecule has 0 heterocycles. The van der Waals surface area contributed by atoms with Gasteiger partial charge in [0.2, 0.25) is 0 Å². The molecule has 1 saturated carbocycles. The molecule has 0 bridgehead atoms. The van der Waals surface area contributed by atoms with Gasteiger partial charge in [0.25, 0.3) is 0 Å². The van der Waals surface area contributed by atoms with E-state index in [0.717, 1.165) is 37.0 Å². The summed E-state index contributed by atoms with van der Waals surface area (Å²) in [4.78, 5) is 12.6. The average molecular weight is 381 g/mol. The second-order valence-electron chi connectivity index (χ2n) is 8.33. The Morgan fingerprint density at radius 3 is 2.38 bits per heavy atom. The fourth-order valence-corrected chi connectivity index (χ4v) is 4.92. The second-order valence-corrected chi connectivity index (χ2v) is 11.1. The number of Topliss-reactive ketones (excluding diaryl/α,β-unsaturated/α-hetero) is 1. The molecule has 1 aliphatic rings. The minimum absolute atomic E-state index is 0.0549. The number of hydrogen-bond donors (Lipinski definition) is 0. The van der Waals surface area contributed by atoms with Gasteiger partial charge in [0, 0.05) is 12.3 Å². The first kappa shape index (κ1) is 20.9. The third-order valence-electron chi connectivity index (χ3n) is 5.28. The van der Waals surface area contributed by atoms with Crippen LogP contribution in [-0.4, -0.2) is 31.3 Å². The molecule has 146 valence electrons. The SMILES string of the molecule is CCOc1cccc(CC(=O)C2CCC(CS(=O)(=O)C(C)(C)C)CC2)c1. The summed E-state index contributed by atoms with van der Waals surface area (Å²) in [6.45, 7) is 7.82. The minimum atomic E-state index is -3.09. The Morgan fingerprint density at radius 2 is 1.81 bits per heavy atom. The Morgan fingerprint density at radius 1 is 1.15 bits per heavy atom. The number of carbonyl (C=O) groups is 1. The normalized spacial score (nSPS) is 21.4. The highest BCUT2D eigenvalue weighted by Crippen LogP contribution is 2.33. The van der Waals surface area contributed by atoms with E-state index >= 15 is 0 Å². The van der Waals surface area contributed by atoms with Crippen molar-refractivity contribution in [2.75, 3.05) is 12.4 Å². The number of rotatable bonds is 7. The third-order valence-corrected chi connectivity index (χ3v) is 8.05. The summed E-state index contributed by atoms with van der Waals surface area (Å²) in [6, 6.07) is 7.71. The van der Waals surface area contributed by atoms with Crippen molar-refractivity contribution >= 4 is 15.6 Å². The minimum Gasteiger partial charge on any atom is -0.494 e. The summed E-state index contributed by atoms with van der Waals surface area (Å²) < 4.78 is 29.6. The highest BCUT2D eigenvalue weighted by molar-refractivity contribution is 7.92. The lowest BCUT2D eigenvalue weighted by molar-refractivity contribution is -0.123. The lowest BCUT2D eigenvalue weighted by Gasteiger charge is -2.30. The van der Waals surface area contributed by atoms with Crippen molar-refractivity contribution in [3.05, 3.63) is 29.8 Å². The zero-order valence-electron chi connectivity index (χ0n) is 16.5. The molecular formula is C21H32O4S. The Labute approximate surface area is 158 Å². The molecule has 1 aromatic carbocycles. The summed E-state index contributed by atoms with van der Waals surface area (Å²) in [6.07, 6.45) is 3.68. The van der Waals surface area contributed by atoms with E-state index in [4.69, 9.17) is 4.74 Å². The first-order chi connectivity index (χ1) is 12.1. The fraction of sp³-hybridized carbons (Fsp3) is 0.667. The van der Waals surface area contributed by atoms with Crippen molar-refractivity contribution in [3.8, 4) is 5.75 Å². The molecule has 0 aliphatic heterocycles. The van der Waals surface area contributed by atoms with Gasteiger partial charge in [-0.05, 0) is 77.0 Å². The molecule has 4 nitrogen and oxygen atoms in total. The van der Waals surface area contributed by atoms with E-state index in [1.54, 1.807) is 20.8 Å². The monoisotopic (exact) mass is 380 g/mol. The topological polar surface area (TPSA) is 60.4 Å². The van der Waals surface area contributed by atoms with Crippen molar-refractivity contribution in [3.63, 3.8) is 0 Å². The van der Waals surface area contributed by atoms with Crippen molar-refractivity contribution in [2.24, 2.45) is 11.8 Å². The first-order valence-corrected chi connectivity index (χ1v) is 11.2. The summed E-state index contributed by atoms with van der Waals surface area (Å²) >= 11 is 0. The predicted molar refractivity (Wildman–Crippen MR) is 105 cm³/mol. The van der Waals surface area contributed by atoms with Gasteiger partial charge in [-0.15, -0.1) is 0 Å². The van der Waals surface area contributed by atoms with Gasteiger partial charge in [-0.3, -0.25) is 4.79 Å². The van der Waals surface area contributed by atoms with Crippen molar-refractivity contribution < 1.29 is 17.9 Å². The zero-order valence-corrected chi connectivity index (χ0v) is 17.3. The molecule has 0 amide bonds. The van der Waals surface area contributed by atoms with Crippen LogP contribution in [0.2, 0.25) is 0 Å². The van der Waals surface area contributed by atoms with Crippen LogP contribution in [-0.2, 0) is 21.1 Å². The van der Waals surface area contributed by atoms with Crippen molar-refractivity contribution in [1.29, 1.82) is 0 Å². The maximum Gasteiger partial charge on any atom is 0.155 e. The van der Waals surface area contributed by atoms with Crippen LogP contribution in [0.15, 0.2) is 24.3 Å². The maximum absolute atomic E-state index is 12.6. The largest absolute Gasteiger partial charge is 0.494 e. The van der Waals surface area contributed by atoms with E-state index in [-0.39, 0.29) is 23.4 Å². The van der Waals surface area contributed by atoms with Crippen LogP contribution in [0.3, 0.4) is 0 Å². The van der Waals surface area contributed by atoms with Gasteiger partial charge in [-0.1, -0.05) is 12.1 Å². The van der Waals surface area contributed by atoms with E-state index in [2.05, 4.69) is 0 Å². The van der Waals surface area contributed by atoms with E-state index in [0.29, 0.717) is 13.0 Å². The number of benzene rings is 1. The molecule has 26 heavy (non-hydrogen) atoms. The fourth-order valence-electron chi connectivity index (χ4n) is 3.47. The molecule has 1 aliphatic carbocycles. The van der Waals surface area contributed by atoms with Crippen molar-refractivity contribution in [2.45, 2.75) is 64.5 Å². The Bertz CT molecular complexity index is 708. The predicted octanol–water partition coefficient (Wildman–Crippen LogP) is 4.22. The Kier molecular flexibility index (Phi) is 6.89. The zero-order chi connectivity index (χ0) is 19.4. The Balaban J connectivity index is 1.88. The van der Waals surface area contributed by atoms with E-state index in [1.807, 2.05) is 31.2 Å². The van der Waals surface area contributed by atoms with E-state index in [1.165, 1.54) is 0 Å². The van der Waals surface area contributed by atoms with Gasteiger partial charge in [-0.2, -0.15) is 0 Å². The summed E-state index contributed by atoms with van der Waals surface area (Å²) in [7, 11) is -3.09. The lowest BCUT2D eigenvalue weighted by Crippen LogP contribution is -2.35. The summed E-state index contributed by atoms with van der Waals surface area (Å²) in [5.74, 6) is 1.54. The highest BCUT2D eigenvalue weighted by atomic mass is 32.2. The van der Waals surface area contributed by atoms with Crippen LogP contribution in [0.1, 0.15) is 58.9 Å². The van der Waals surface area contributed by atoms with Crippen LogP contribution in [0.25, 0.3) is 0 Å². The van der Waals surface area contributed by atoms with Gasteiger partial charge < -0.3 is 4.74 Å². The van der Waals surface area contributed by atoms with Crippen LogP contribution >= 0.6 is 0 Å². The molecule has 0 unspecified atom stereocenters. The van der Waals surface area contributed by atoms with Crippen LogP contribution in [0.5, 0.6) is 5.75 Å². The Hall–Kier alpha value is -1.36. The third kappa shape index (κ3) is 5.57. The number of carbonyl (C=O) groups excluding carboxylic acids is 1. The number of ether oxygens (including phenoxy) is 1. The van der Waals surface area contributed by atoms with Crippen LogP contribution in [0.4, 0.5) is 0 Å². The highest BCUT2D eigenvalue weighted by Gasteiger charge is 2.34. The molecule has 0 N–H and O–H groups in total. The maximum atomic E-state index is 12.6. The van der Waals surface area contributed by atoms with Gasteiger partial charge in [0.05, 0.1) is 17.1 Å². The molecule has 0 spiro atoms. The van der Waals surface area contributed by atoms with Gasteiger partial charge in [-0.25, -0.2) is 8.42 Å². The molecule has 0 radical (unpaired) electrons.